The highest BCUT2D eigenvalue weighted by Gasteiger charge is 2.29. The Bertz CT molecular complexity index is 1140. The van der Waals surface area contributed by atoms with Crippen LogP contribution in [-0.2, 0) is 4.74 Å². The van der Waals surface area contributed by atoms with Crippen molar-refractivity contribution in [1.29, 1.82) is 0 Å². The maximum absolute atomic E-state index is 13.5. The molecule has 31 heavy (non-hydrogen) atoms. The van der Waals surface area contributed by atoms with Gasteiger partial charge in [-0.15, -0.1) is 5.10 Å². The molecule has 1 aliphatic rings. The second kappa shape index (κ2) is 8.89. The maximum atomic E-state index is 13.5. The van der Waals surface area contributed by atoms with E-state index in [1.165, 1.54) is 39.7 Å². The lowest BCUT2D eigenvalue weighted by Crippen LogP contribution is -2.41. The van der Waals surface area contributed by atoms with Gasteiger partial charge in [0.1, 0.15) is 5.82 Å². The van der Waals surface area contributed by atoms with E-state index in [0.29, 0.717) is 54.6 Å². The van der Waals surface area contributed by atoms with Gasteiger partial charge in [0.15, 0.2) is 5.82 Å². The summed E-state index contributed by atoms with van der Waals surface area (Å²) >= 11 is 6.33. The molecule has 1 aromatic carbocycles. The summed E-state index contributed by atoms with van der Waals surface area (Å²) in [5.74, 6) is -0.0594. The molecule has 0 radical (unpaired) electrons. The Kier molecular flexibility index (Phi) is 6.03. The van der Waals surface area contributed by atoms with Crippen molar-refractivity contribution in [3.8, 4) is 17.1 Å². The molecule has 0 unspecified atom stereocenters. The summed E-state index contributed by atoms with van der Waals surface area (Å²) in [6.07, 6.45) is 3.81. The molecule has 1 aliphatic heterocycles. The number of benzene rings is 1. The first-order valence-electron chi connectivity index (χ1n) is 9.98. The molecule has 1 fully saturated rings. The number of rotatable bonds is 4. The van der Waals surface area contributed by atoms with E-state index >= 15 is 0 Å². The van der Waals surface area contributed by atoms with Crippen molar-refractivity contribution in [2.75, 3.05) is 19.7 Å². The molecule has 0 N–H and O–H groups in total. The zero-order chi connectivity index (χ0) is 22.0. The minimum Gasteiger partial charge on any atom is -0.450 e. The van der Waals surface area contributed by atoms with Gasteiger partial charge < -0.3 is 9.64 Å². The molecule has 0 spiro atoms. The lowest BCUT2D eigenvalue weighted by atomic mass is 10.1. The number of nitrogens with zero attached hydrogens (tertiary/aromatic N) is 5. The summed E-state index contributed by atoms with van der Waals surface area (Å²) in [6, 6.07) is 7.09. The minimum atomic E-state index is -0.404. The molecule has 4 rings (SSSR count). The fourth-order valence-electron chi connectivity index (χ4n) is 3.68. The number of piperidine rings is 1. The summed E-state index contributed by atoms with van der Waals surface area (Å²) in [7, 11) is 0. The van der Waals surface area contributed by atoms with Crippen LogP contribution in [0.4, 0.5) is 9.18 Å². The molecule has 162 valence electrons. The fourth-order valence-corrected chi connectivity index (χ4v) is 3.89. The monoisotopic (exact) mass is 445 g/mol. The van der Waals surface area contributed by atoms with Gasteiger partial charge in [0.05, 0.1) is 23.4 Å². The largest absolute Gasteiger partial charge is 0.450 e. The van der Waals surface area contributed by atoms with Crippen LogP contribution in [0.25, 0.3) is 17.1 Å². The topological polar surface area (TPSA) is 82.2 Å². The smallest absolute Gasteiger partial charge is 0.409 e. The number of carbonyl (C=O) groups is 1. The fraction of sp³-hybridized carbons (Fsp3) is 0.333. The second-order valence-electron chi connectivity index (χ2n) is 7.14. The molecule has 8 nitrogen and oxygen atoms in total. The van der Waals surface area contributed by atoms with Gasteiger partial charge in [0.2, 0.25) is 0 Å². The normalized spacial score (nSPS) is 14.6. The number of amides is 1. The van der Waals surface area contributed by atoms with E-state index in [1.54, 1.807) is 24.1 Å². The highest BCUT2D eigenvalue weighted by molar-refractivity contribution is 6.33. The number of hydrogen-bond donors (Lipinski definition) is 0. The molecule has 0 aliphatic carbocycles. The van der Waals surface area contributed by atoms with Gasteiger partial charge in [-0.25, -0.2) is 23.2 Å². The zero-order valence-electron chi connectivity index (χ0n) is 16.9. The standard InChI is InChI=1S/C21H21ClFN5O3/c1-2-31-21(30)26-11-8-16(9-12-26)28-20(29)27(15-5-3-14(23)4-6-15)19(25-28)17-7-10-24-13-18(17)22/h3-7,10,13,16H,2,8-9,11-12H2,1H3. The highest BCUT2D eigenvalue weighted by Crippen LogP contribution is 2.28. The van der Waals surface area contributed by atoms with Crippen LogP contribution in [0, 0.1) is 5.82 Å². The van der Waals surface area contributed by atoms with E-state index < -0.39 is 5.82 Å². The van der Waals surface area contributed by atoms with Gasteiger partial charge in [0, 0.05) is 31.0 Å². The van der Waals surface area contributed by atoms with Crippen LogP contribution in [0.1, 0.15) is 25.8 Å². The van der Waals surface area contributed by atoms with Gasteiger partial charge in [0.25, 0.3) is 0 Å². The number of hydrogen-bond acceptors (Lipinski definition) is 5. The van der Waals surface area contributed by atoms with E-state index in [-0.39, 0.29) is 17.8 Å². The first-order chi connectivity index (χ1) is 15.0. The number of aromatic nitrogens is 4. The van der Waals surface area contributed by atoms with Crippen molar-refractivity contribution in [2.45, 2.75) is 25.8 Å². The Balaban J connectivity index is 1.73. The van der Waals surface area contributed by atoms with Gasteiger partial charge in [-0.3, -0.25) is 4.98 Å². The van der Waals surface area contributed by atoms with E-state index in [4.69, 9.17) is 16.3 Å². The van der Waals surface area contributed by atoms with E-state index in [9.17, 15) is 14.0 Å². The number of ether oxygens (including phenoxy) is 1. The van der Waals surface area contributed by atoms with Gasteiger partial charge in [-0.2, -0.15) is 0 Å². The first kappa shape index (κ1) is 21.0. The Morgan fingerprint density at radius 1 is 1.23 bits per heavy atom. The molecule has 3 aromatic rings. The van der Waals surface area contributed by atoms with Crippen LogP contribution in [0.15, 0.2) is 47.5 Å². The summed E-state index contributed by atoms with van der Waals surface area (Å²) in [6.45, 7) is 3.00. The minimum absolute atomic E-state index is 0.195. The predicted octanol–water partition coefficient (Wildman–Crippen LogP) is 3.68. The lowest BCUT2D eigenvalue weighted by Gasteiger charge is -2.30. The van der Waals surface area contributed by atoms with Crippen LogP contribution in [0.5, 0.6) is 0 Å². The highest BCUT2D eigenvalue weighted by atomic mass is 35.5. The third kappa shape index (κ3) is 4.18. The van der Waals surface area contributed by atoms with Gasteiger partial charge >= 0.3 is 11.8 Å². The average Bonchev–Trinajstić information content (AvgIpc) is 3.12. The average molecular weight is 446 g/mol. The molecule has 0 bridgehead atoms. The molecule has 1 saturated heterocycles. The van der Waals surface area contributed by atoms with Crippen molar-refractivity contribution in [1.82, 2.24) is 24.2 Å². The van der Waals surface area contributed by atoms with Crippen molar-refractivity contribution < 1.29 is 13.9 Å². The Hall–Kier alpha value is -3.20. The third-order valence-electron chi connectivity index (χ3n) is 5.24. The van der Waals surface area contributed by atoms with Crippen LogP contribution in [0.3, 0.4) is 0 Å². The van der Waals surface area contributed by atoms with Crippen molar-refractivity contribution >= 4 is 17.7 Å². The quantitative estimate of drug-likeness (QED) is 0.611. The summed E-state index contributed by atoms with van der Waals surface area (Å²) in [5, 5.41) is 4.94. The molecule has 3 heterocycles. The Labute approximate surface area is 182 Å². The van der Waals surface area contributed by atoms with Crippen LogP contribution in [-0.4, -0.2) is 50.0 Å². The lowest BCUT2D eigenvalue weighted by molar-refractivity contribution is 0.0912. The number of likely N-dealkylation sites (tertiary alicyclic amines) is 1. The van der Waals surface area contributed by atoms with Crippen LogP contribution < -0.4 is 5.69 Å². The van der Waals surface area contributed by atoms with Gasteiger partial charge in [-0.05, 0) is 50.1 Å². The molecular weight excluding hydrogens is 425 g/mol. The van der Waals surface area contributed by atoms with Crippen molar-refractivity contribution in [3.05, 3.63) is 64.0 Å². The molecule has 10 heteroatoms. The van der Waals surface area contributed by atoms with Crippen LogP contribution in [0.2, 0.25) is 5.02 Å². The zero-order valence-corrected chi connectivity index (χ0v) is 17.6. The summed E-state index contributed by atoms with van der Waals surface area (Å²) in [4.78, 5) is 31.0. The number of carbonyl (C=O) groups excluding carboxylic acids is 1. The van der Waals surface area contributed by atoms with Crippen molar-refractivity contribution in [3.63, 3.8) is 0 Å². The molecule has 1 amide bonds. The van der Waals surface area contributed by atoms with E-state index in [1.807, 2.05) is 0 Å². The van der Waals surface area contributed by atoms with Crippen molar-refractivity contribution in [2.24, 2.45) is 0 Å². The second-order valence-corrected chi connectivity index (χ2v) is 7.54. The SMILES string of the molecule is CCOC(=O)N1CCC(n2nc(-c3ccncc3Cl)n(-c3ccc(F)cc3)c2=O)CC1. The van der Waals surface area contributed by atoms with Crippen LogP contribution >= 0.6 is 11.6 Å². The molecule has 0 atom stereocenters. The van der Waals surface area contributed by atoms with E-state index in [0.717, 1.165) is 0 Å². The number of halogens is 2. The first-order valence-corrected chi connectivity index (χ1v) is 10.4. The predicted molar refractivity (Wildman–Crippen MR) is 113 cm³/mol. The van der Waals surface area contributed by atoms with E-state index in [2.05, 4.69) is 10.1 Å². The summed E-state index contributed by atoms with van der Waals surface area (Å²) in [5.41, 5.74) is 0.661. The van der Waals surface area contributed by atoms with Gasteiger partial charge in [-0.1, -0.05) is 11.6 Å². The summed E-state index contributed by atoms with van der Waals surface area (Å²) < 4.78 is 21.4. The number of pyridine rings is 1. The molecule has 0 saturated carbocycles. The third-order valence-corrected chi connectivity index (χ3v) is 5.54. The maximum Gasteiger partial charge on any atom is 0.409 e. The Morgan fingerprint density at radius 3 is 2.58 bits per heavy atom. The molecular formula is C21H21ClFN5O3. The Morgan fingerprint density at radius 2 is 1.94 bits per heavy atom. The molecule has 2 aromatic heterocycles.